The lowest BCUT2D eigenvalue weighted by molar-refractivity contribution is -0.225. The lowest BCUT2D eigenvalue weighted by Gasteiger charge is -2.44. The summed E-state index contributed by atoms with van der Waals surface area (Å²) in [5, 5.41) is 2.72. The van der Waals surface area contributed by atoms with Crippen LogP contribution in [0.2, 0.25) is 0 Å². The number of piperidine rings is 1. The second kappa shape index (κ2) is 7.08. The Morgan fingerprint density at radius 3 is 2.74 bits per heavy atom. The zero-order chi connectivity index (χ0) is 18.9. The van der Waals surface area contributed by atoms with Crippen LogP contribution in [0.4, 0.5) is 14.9 Å². The van der Waals surface area contributed by atoms with Gasteiger partial charge in [-0.15, -0.1) is 0 Å². The Hall–Kier alpha value is -2.80. The Balaban J connectivity index is 1.41. The molecule has 0 bridgehead atoms. The minimum atomic E-state index is -0.753. The van der Waals surface area contributed by atoms with E-state index in [9.17, 15) is 9.18 Å². The van der Waals surface area contributed by atoms with Crippen molar-refractivity contribution in [3.63, 3.8) is 0 Å². The van der Waals surface area contributed by atoms with Gasteiger partial charge in [0.1, 0.15) is 5.82 Å². The number of ether oxygens (including phenoxy) is 3. The van der Waals surface area contributed by atoms with Crippen LogP contribution in [-0.4, -0.2) is 36.9 Å². The molecule has 2 aromatic carbocycles. The third-order valence-corrected chi connectivity index (χ3v) is 4.95. The number of para-hydroxylation sites is 1. The van der Waals surface area contributed by atoms with Gasteiger partial charge in [0.15, 0.2) is 11.5 Å². The van der Waals surface area contributed by atoms with Crippen LogP contribution in [0, 0.1) is 5.82 Å². The normalized spacial score (nSPS) is 17.8. The first kappa shape index (κ1) is 17.6. The highest BCUT2D eigenvalue weighted by molar-refractivity contribution is 5.89. The van der Waals surface area contributed by atoms with Crippen molar-refractivity contribution in [1.82, 2.24) is 4.90 Å². The molecule has 4 rings (SSSR count). The van der Waals surface area contributed by atoms with Crippen LogP contribution in [0.15, 0.2) is 42.5 Å². The molecule has 0 aliphatic carbocycles. The molecule has 1 spiro atoms. The van der Waals surface area contributed by atoms with Gasteiger partial charge in [-0.05, 0) is 24.3 Å². The third kappa shape index (κ3) is 3.55. The van der Waals surface area contributed by atoms with Crippen molar-refractivity contribution in [2.75, 3.05) is 25.5 Å². The molecule has 2 aliphatic heterocycles. The number of nitrogens with zero attached hydrogens (tertiary/aromatic N) is 1. The Kier molecular flexibility index (Phi) is 4.61. The van der Waals surface area contributed by atoms with E-state index in [1.54, 1.807) is 24.1 Å². The zero-order valence-electron chi connectivity index (χ0n) is 15.0. The van der Waals surface area contributed by atoms with Crippen LogP contribution < -0.4 is 14.8 Å². The highest BCUT2D eigenvalue weighted by atomic mass is 19.1. The molecular formula is C20H21FN2O4. The quantitative estimate of drug-likeness (QED) is 0.872. The standard InChI is InChI=1S/C20H21FN2O4/c1-25-17-7-2-4-14-13-26-20(27-18(14)17)8-10-23(11-9-20)19(24)22-16-6-3-5-15(21)12-16/h2-7,12H,8-11,13H2,1H3,(H,22,24). The number of carbonyl (C=O) groups excluding carboxylic acids is 1. The monoisotopic (exact) mass is 372 g/mol. The van der Waals surface area contributed by atoms with Crippen LogP contribution in [0.1, 0.15) is 18.4 Å². The van der Waals surface area contributed by atoms with Gasteiger partial charge in [-0.1, -0.05) is 18.2 Å². The SMILES string of the molecule is COc1cccc2c1OC1(CCN(C(=O)Nc3cccc(F)c3)CC1)OC2. The van der Waals surface area contributed by atoms with E-state index in [4.69, 9.17) is 14.2 Å². The van der Waals surface area contributed by atoms with Gasteiger partial charge in [0.05, 0.1) is 13.7 Å². The van der Waals surface area contributed by atoms with Gasteiger partial charge in [0.25, 0.3) is 0 Å². The smallest absolute Gasteiger partial charge is 0.321 e. The highest BCUT2D eigenvalue weighted by Gasteiger charge is 2.42. The number of rotatable bonds is 2. The van der Waals surface area contributed by atoms with Gasteiger partial charge in [-0.3, -0.25) is 0 Å². The molecule has 7 heteroatoms. The number of halogens is 1. The van der Waals surface area contributed by atoms with Gasteiger partial charge in [0.2, 0.25) is 5.79 Å². The maximum absolute atomic E-state index is 13.3. The summed E-state index contributed by atoms with van der Waals surface area (Å²) in [6, 6.07) is 11.3. The van der Waals surface area contributed by atoms with E-state index < -0.39 is 5.79 Å². The second-order valence-electron chi connectivity index (χ2n) is 6.68. The minimum absolute atomic E-state index is 0.260. The summed E-state index contributed by atoms with van der Waals surface area (Å²) in [7, 11) is 1.61. The fourth-order valence-electron chi connectivity index (χ4n) is 3.44. The van der Waals surface area contributed by atoms with Crippen LogP contribution >= 0.6 is 0 Å². The molecule has 1 saturated heterocycles. The van der Waals surface area contributed by atoms with E-state index in [1.807, 2.05) is 18.2 Å². The van der Waals surface area contributed by atoms with E-state index >= 15 is 0 Å². The Morgan fingerprint density at radius 2 is 2.00 bits per heavy atom. The van der Waals surface area contributed by atoms with Crippen molar-refractivity contribution in [2.45, 2.75) is 25.2 Å². The first-order chi connectivity index (χ1) is 13.1. The molecule has 2 amide bonds. The maximum atomic E-state index is 13.3. The first-order valence-corrected chi connectivity index (χ1v) is 8.89. The molecular weight excluding hydrogens is 351 g/mol. The molecule has 6 nitrogen and oxygen atoms in total. The number of nitrogens with one attached hydrogen (secondary N) is 1. The van der Waals surface area contributed by atoms with Crippen LogP contribution in [-0.2, 0) is 11.3 Å². The van der Waals surface area contributed by atoms with Gasteiger partial charge >= 0.3 is 6.03 Å². The number of fused-ring (bicyclic) bond motifs is 1. The fourth-order valence-corrected chi connectivity index (χ4v) is 3.44. The van der Waals surface area contributed by atoms with E-state index in [0.717, 1.165) is 5.56 Å². The molecule has 0 radical (unpaired) electrons. The predicted molar refractivity (Wildman–Crippen MR) is 97.4 cm³/mol. The van der Waals surface area contributed by atoms with Crippen LogP contribution in [0.3, 0.4) is 0 Å². The molecule has 0 unspecified atom stereocenters. The topological polar surface area (TPSA) is 60.0 Å². The molecule has 0 aromatic heterocycles. The summed E-state index contributed by atoms with van der Waals surface area (Å²) in [5.41, 5.74) is 1.38. The number of hydrogen-bond acceptors (Lipinski definition) is 4. The summed E-state index contributed by atoms with van der Waals surface area (Å²) in [6.07, 6.45) is 1.09. The Morgan fingerprint density at radius 1 is 1.22 bits per heavy atom. The number of carbonyl (C=O) groups is 1. The Labute approximate surface area is 156 Å². The lowest BCUT2D eigenvalue weighted by Crippen LogP contribution is -2.53. The molecule has 1 N–H and O–H groups in total. The summed E-state index contributed by atoms with van der Waals surface area (Å²) >= 11 is 0. The van der Waals surface area contributed by atoms with Crippen molar-refractivity contribution in [3.05, 3.63) is 53.8 Å². The summed E-state index contributed by atoms with van der Waals surface area (Å²) in [4.78, 5) is 14.1. The van der Waals surface area contributed by atoms with Crippen molar-refractivity contribution < 1.29 is 23.4 Å². The second-order valence-corrected chi connectivity index (χ2v) is 6.68. The molecule has 0 atom stereocenters. The molecule has 2 aromatic rings. The number of likely N-dealkylation sites (tertiary alicyclic amines) is 1. The number of amides is 2. The van der Waals surface area contributed by atoms with Gasteiger partial charge in [-0.2, -0.15) is 0 Å². The molecule has 2 heterocycles. The first-order valence-electron chi connectivity index (χ1n) is 8.89. The van der Waals surface area contributed by atoms with E-state index in [0.29, 0.717) is 49.7 Å². The lowest BCUT2D eigenvalue weighted by atomic mass is 10.0. The minimum Gasteiger partial charge on any atom is -0.493 e. The van der Waals surface area contributed by atoms with Crippen LogP contribution in [0.5, 0.6) is 11.5 Å². The Bertz CT molecular complexity index is 835. The molecule has 142 valence electrons. The predicted octanol–water partition coefficient (Wildman–Crippen LogP) is 3.77. The summed E-state index contributed by atoms with van der Waals surface area (Å²) in [5.74, 6) is 0.254. The van der Waals surface area contributed by atoms with Crippen molar-refractivity contribution >= 4 is 11.7 Å². The average molecular weight is 372 g/mol. The summed E-state index contributed by atoms with van der Waals surface area (Å²) < 4.78 is 30.9. The number of urea groups is 1. The summed E-state index contributed by atoms with van der Waals surface area (Å²) in [6.45, 7) is 1.40. The van der Waals surface area contributed by atoms with Gasteiger partial charge < -0.3 is 24.4 Å². The number of methoxy groups -OCH3 is 1. The number of anilines is 1. The largest absolute Gasteiger partial charge is 0.493 e. The van der Waals surface area contributed by atoms with Crippen molar-refractivity contribution in [3.8, 4) is 11.5 Å². The van der Waals surface area contributed by atoms with Crippen molar-refractivity contribution in [2.24, 2.45) is 0 Å². The van der Waals surface area contributed by atoms with Gasteiger partial charge in [-0.25, -0.2) is 9.18 Å². The third-order valence-electron chi connectivity index (χ3n) is 4.95. The molecule has 1 fully saturated rings. The highest BCUT2D eigenvalue weighted by Crippen LogP contribution is 2.42. The molecule has 2 aliphatic rings. The van der Waals surface area contributed by atoms with E-state index in [-0.39, 0.29) is 11.8 Å². The fraction of sp³-hybridized carbons (Fsp3) is 0.350. The van der Waals surface area contributed by atoms with E-state index in [1.165, 1.54) is 12.1 Å². The number of hydrogen-bond donors (Lipinski definition) is 1. The maximum Gasteiger partial charge on any atom is 0.321 e. The van der Waals surface area contributed by atoms with Crippen LogP contribution in [0.25, 0.3) is 0 Å². The van der Waals surface area contributed by atoms with Crippen molar-refractivity contribution in [1.29, 1.82) is 0 Å². The number of benzene rings is 2. The average Bonchev–Trinajstić information content (AvgIpc) is 2.68. The van der Waals surface area contributed by atoms with Gasteiger partial charge in [0, 0.05) is 37.2 Å². The molecule has 27 heavy (non-hydrogen) atoms. The van der Waals surface area contributed by atoms with E-state index in [2.05, 4.69) is 5.32 Å². The molecule has 0 saturated carbocycles. The zero-order valence-corrected chi connectivity index (χ0v) is 15.0.